The number of hydrazone groups is 1. The second-order valence-electron chi connectivity index (χ2n) is 6.63. The maximum absolute atomic E-state index is 14.6. The molecule has 0 aliphatic carbocycles. The minimum Gasteiger partial charge on any atom is -0.347 e. The molecule has 1 N–H and O–H groups in total. The number of carbonyl (C=O) groups is 1. The molecule has 154 valence electrons. The number of thioether (sulfide) groups is 1. The summed E-state index contributed by atoms with van der Waals surface area (Å²) < 4.78 is 18.3. The van der Waals surface area contributed by atoms with Crippen LogP contribution in [0.5, 0.6) is 0 Å². The van der Waals surface area contributed by atoms with E-state index >= 15 is 0 Å². The van der Waals surface area contributed by atoms with E-state index in [0.717, 1.165) is 17.4 Å². The smallest absolute Gasteiger partial charge is 0.270 e. The molecule has 2 aromatic rings. The van der Waals surface area contributed by atoms with Crippen molar-refractivity contribution in [3.8, 4) is 0 Å². The number of hydrogen-bond acceptors (Lipinski definition) is 6. The zero-order valence-electron chi connectivity index (χ0n) is 15.6. The summed E-state index contributed by atoms with van der Waals surface area (Å²) in [6, 6.07) is 4.93. The monoisotopic (exact) mass is 548 g/mol. The van der Waals surface area contributed by atoms with Gasteiger partial charge in [-0.15, -0.1) is 11.6 Å². The summed E-state index contributed by atoms with van der Waals surface area (Å²) in [6.07, 6.45) is 2.32. The highest BCUT2D eigenvalue weighted by Crippen LogP contribution is 2.36. The lowest BCUT2D eigenvalue weighted by Gasteiger charge is -2.26. The van der Waals surface area contributed by atoms with Crippen LogP contribution in [0.4, 0.5) is 10.1 Å². The molecule has 0 fully saturated rings. The Kier molecular flexibility index (Phi) is 6.21. The number of nitrogens with zero attached hydrogens (tertiary/aromatic N) is 5. The van der Waals surface area contributed by atoms with Gasteiger partial charge in [0.15, 0.2) is 5.16 Å². The molecule has 1 atom stereocenters. The van der Waals surface area contributed by atoms with Crippen LogP contribution in [0.15, 0.2) is 28.5 Å². The molecule has 0 saturated heterocycles. The minimum atomic E-state index is -0.364. The lowest BCUT2D eigenvalue weighted by atomic mass is 10.1. The number of halogens is 3. The third-order valence-electron chi connectivity index (χ3n) is 4.70. The molecule has 29 heavy (non-hydrogen) atoms. The Labute approximate surface area is 191 Å². The Balaban J connectivity index is 1.45. The van der Waals surface area contributed by atoms with Crippen molar-refractivity contribution in [3.05, 3.63) is 41.0 Å². The highest BCUT2D eigenvalue weighted by Gasteiger charge is 2.29. The third kappa shape index (κ3) is 4.33. The molecule has 0 saturated carbocycles. The van der Waals surface area contributed by atoms with Gasteiger partial charge in [0.2, 0.25) is 0 Å². The molecule has 0 spiro atoms. The molecule has 0 bridgehead atoms. The average Bonchev–Trinajstić information content (AvgIpc) is 3.22. The quantitative estimate of drug-likeness (QED) is 0.351. The van der Waals surface area contributed by atoms with Gasteiger partial charge in [-0.1, -0.05) is 24.8 Å². The molecule has 3 heterocycles. The molecule has 2 aliphatic heterocycles. The summed E-state index contributed by atoms with van der Waals surface area (Å²) in [5.41, 5.74) is 2.40. The van der Waals surface area contributed by atoms with E-state index in [1.165, 1.54) is 17.8 Å². The molecule has 1 aromatic carbocycles. The number of alkyl halides is 1. The lowest BCUT2D eigenvalue weighted by Crippen LogP contribution is -2.33. The fourth-order valence-corrected chi connectivity index (χ4v) is 4.89. The molecular formula is C18H19ClFIN6OS. The number of aromatic nitrogens is 2. The van der Waals surface area contributed by atoms with Gasteiger partial charge in [-0.25, -0.2) is 9.37 Å². The molecule has 1 amide bonds. The Morgan fingerprint density at radius 2 is 2.28 bits per heavy atom. The van der Waals surface area contributed by atoms with Gasteiger partial charge in [0.1, 0.15) is 22.6 Å². The Bertz CT molecular complexity index is 970. The molecule has 11 heteroatoms. The van der Waals surface area contributed by atoms with Crippen molar-refractivity contribution in [2.45, 2.75) is 36.3 Å². The maximum Gasteiger partial charge on any atom is 0.270 e. The number of amides is 1. The van der Waals surface area contributed by atoms with Crippen LogP contribution in [0, 0.1) is 5.82 Å². The summed E-state index contributed by atoms with van der Waals surface area (Å²) in [5, 5.41) is 9.52. The van der Waals surface area contributed by atoms with E-state index in [1.807, 2.05) is 14.6 Å². The van der Waals surface area contributed by atoms with E-state index in [2.05, 4.69) is 38.3 Å². The Morgan fingerprint density at radius 3 is 2.97 bits per heavy atom. The van der Waals surface area contributed by atoms with Crippen LogP contribution in [0.2, 0.25) is 0 Å². The average molecular weight is 549 g/mol. The first-order valence-corrected chi connectivity index (χ1v) is 11.4. The lowest BCUT2D eigenvalue weighted by molar-refractivity contribution is 0.0940. The van der Waals surface area contributed by atoms with Crippen molar-refractivity contribution in [1.82, 2.24) is 18.0 Å². The zero-order chi connectivity index (χ0) is 20.5. The predicted octanol–water partition coefficient (Wildman–Crippen LogP) is 3.60. The fraction of sp³-hybridized carbons (Fsp3) is 0.389. The van der Waals surface area contributed by atoms with E-state index in [1.54, 1.807) is 23.5 Å². The normalized spacial score (nSPS) is 18.3. The van der Waals surface area contributed by atoms with Gasteiger partial charge in [0, 0.05) is 13.1 Å². The van der Waals surface area contributed by atoms with E-state index in [9.17, 15) is 9.18 Å². The first-order chi connectivity index (χ1) is 14.0. The van der Waals surface area contributed by atoms with Crippen molar-refractivity contribution in [1.29, 1.82) is 0 Å². The fourth-order valence-electron chi connectivity index (χ4n) is 3.28. The Morgan fingerprint density at radius 1 is 1.45 bits per heavy atom. The van der Waals surface area contributed by atoms with Crippen molar-refractivity contribution in [2.75, 3.05) is 18.1 Å². The van der Waals surface area contributed by atoms with Crippen molar-refractivity contribution >= 4 is 64.2 Å². The van der Waals surface area contributed by atoms with Crippen LogP contribution in [0.25, 0.3) is 0 Å². The third-order valence-corrected chi connectivity index (χ3v) is 6.76. The summed E-state index contributed by atoms with van der Waals surface area (Å²) in [6.45, 7) is 4.11. The van der Waals surface area contributed by atoms with Gasteiger partial charge >= 0.3 is 0 Å². The second kappa shape index (κ2) is 8.68. The standard InChI is InChI=1S/C18H19ClFIN6OS/c1-2-13-16(26-9-15(19)29-18(26)24-13)17(28)22-8-11-3-4-14(12(20)7-11)27-6-5-25(21)10-23-27/h3-4,7,10,15H,2,5-6,8-9H2,1H3,(H,22,28). The number of aryl methyl sites for hydroxylation is 1. The summed E-state index contributed by atoms with van der Waals surface area (Å²) in [4.78, 5) is 17.3. The second-order valence-corrected chi connectivity index (χ2v) is 9.82. The van der Waals surface area contributed by atoms with Gasteiger partial charge in [0.25, 0.3) is 5.91 Å². The topological polar surface area (TPSA) is 65.8 Å². The van der Waals surface area contributed by atoms with Gasteiger partial charge in [0.05, 0.1) is 47.3 Å². The molecule has 1 unspecified atom stereocenters. The Hall–Kier alpha value is -1.53. The number of anilines is 1. The number of hydrogen-bond donors (Lipinski definition) is 1. The van der Waals surface area contributed by atoms with Gasteiger partial charge < -0.3 is 13.0 Å². The first-order valence-electron chi connectivity index (χ1n) is 9.17. The van der Waals surface area contributed by atoms with Crippen LogP contribution in [-0.4, -0.2) is 42.7 Å². The van der Waals surface area contributed by atoms with Crippen LogP contribution < -0.4 is 10.3 Å². The number of imidazole rings is 1. The minimum absolute atomic E-state index is 0.117. The summed E-state index contributed by atoms with van der Waals surface area (Å²) >= 11 is 9.79. The largest absolute Gasteiger partial charge is 0.347 e. The maximum atomic E-state index is 14.6. The first kappa shape index (κ1) is 20.7. The van der Waals surface area contributed by atoms with Crippen molar-refractivity contribution in [2.24, 2.45) is 5.10 Å². The van der Waals surface area contributed by atoms with Crippen molar-refractivity contribution in [3.63, 3.8) is 0 Å². The number of benzene rings is 1. The zero-order valence-corrected chi connectivity index (χ0v) is 19.3. The van der Waals surface area contributed by atoms with Crippen LogP contribution >= 0.6 is 46.2 Å². The molecular weight excluding hydrogens is 530 g/mol. The number of nitrogens with one attached hydrogen (secondary N) is 1. The van der Waals surface area contributed by atoms with E-state index in [0.29, 0.717) is 36.5 Å². The summed E-state index contributed by atoms with van der Waals surface area (Å²) in [7, 11) is 0. The van der Waals surface area contributed by atoms with Gasteiger partial charge in [-0.2, -0.15) is 5.10 Å². The van der Waals surface area contributed by atoms with Gasteiger partial charge in [-0.05, 0) is 24.1 Å². The number of carbonyl (C=O) groups excluding carboxylic acids is 1. The predicted molar refractivity (Wildman–Crippen MR) is 121 cm³/mol. The highest BCUT2D eigenvalue weighted by atomic mass is 127. The van der Waals surface area contributed by atoms with E-state index in [4.69, 9.17) is 11.6 Å². The molecule has 2 aliphatic rings. The van der Waals surface area contributed by atoms with Gasteiger partial charge in [-0.3, -0.25) is 9.80 Å². The summed E-state index contributed by atoms with van der Waals surface area (Å²) in [5.74, 6) is -0.587. The molecule has 7 nitrogen and oxygen atoms in total. The number of fused-ring (bicyclic) bond motifs is 1. The van der Waals surface area contributed by atoms with Crippen molar-refractivity contribution < 1.29 is 9.18 Å². The molecule has 1 aromatic heterocycles. The number of rotatable bonds is 5. The molecule has 4 rings (SSSR count). The van der Waals surface area contributed by atoms with Crippen LogP contribution in [-0.2, 0) is 19.5 Å². The van der Waals surface area contributed by atoms with Crippen LogP contribution in [0.1, 0.15) is 28.7 Å². The van der Waals surface area contributed by atoms with E-state index in [-0.39, 0.29) is 23.0 Å². The van der Waals surface area contributed by atoms with Crippen LogP contribution in [0.3, 0.4) is 0 Å². The molecule has 0 radical (unpaired) electrons. The highest BCUT2D eigenvalue weighted by molar-refractivity contribution is 14.1. The van der Waals surface area contributed by atoms with E-state index < -0.39 is 0 Å². The SMILES string of the molecule is CCc1nc2n(c1C(=O)NCc1ccc(N3CCN(I)C=N3)c(F)c1)CC(Cl)S2.